The highest BCUT2D eigenvalue weighted by Crippen LogP contribution is 2.35. The molecule has 0 unspecified atom stereocenters. The number of ether oxygens (including phenoxy) is 1. The van der Waals surface area contributed by atoms with E-state index in [0.29, 0.717) is 0 Å². The Kier molecular flexibility index (Phi) is 2.85. The maximum atomic E-state index is 13.7. The van der Waals surface area contributed by atoms with Gasteiger partial charge in [-0.15, -0.1) is 0 Å². The lowest BCUT2D eigenvalue weighted by Gasteiger charge is -2.33. The van der Waals surface area contributed by atoms with E-state index in [9.17, 15) is 13.2 Å². The van der Waals surface area contributed by atoms with E-state index in [1.807, 2.05) is 0 Å². The van der Waals surface area contributed by atoms with Crippen LogP contribution in [-0.4, -0.2) is 25.9 Å². The van der Waals surface area contributed by atoms with Crippen LogP contribution >= 0.6 is 0 Å². The zero-order chi connectivity index (χ0) is 11.6. The van der Waals surface area contributed by atoms with Crippen LogP contribution in [0.3, 0.4) is 0 Å². The normalized spacial score (nSPS) is 28.8. The lowest BCUT2D eigenvalue weighted by atomic mass is 9.86. The Bertz CT molecular complexity index is 410. The van der Waals surface area contributed by atoms with Gasteiger partial charge in [0.15, 0.2) is 18.1 Å². The van der Waals surface area contributed by atoms with Crippen molar-refractivity contribution in [3.05, 3.63) is 35.6 Å². The molecule has 2 atom stereocenters. The monoisotopic (exact) mass is 229 g/mol. The molecule has 0 aromatic heterocycles. The molecule has 16 heavy (non-hydrogen) atoms. The van der Waals surface area contributed by atoms with Crippen LogP contribution < -0.4 is 0 Å². The SMILES string of the molecule is FC[C@]1(c2ccccc2F)N=COC[C@@H]1F. The molecule has 1 aromatic carbocycles. The van der Waals surface area contributed by atoms with E-state index >= 15 is 0 Å². The summed E-state index contributed by atoms with van der Waals surface area (Å²) in [5.74, 6) is -0.665. The summed E-state index contributed by atoms with van der Waals surface area (Å²) in [4.78, 5) is 3.65. The van der Waals surface area contributed by atoms with Crippen LogP contribution in [0.5, 0.6) is 0 Å². The van der Waals surface area contributed by atoms with Crippen LogP contribution in [0.25, 0.3) is 0 Å². The van der Waals surface area contributed by atoms with Gasteiger partial charge in [-0.3, -0.25) is 0 Å². The second-order valence-electron chi connectivity index (χ2n) is 3.57. The first kappa shape index (κ1) is 11.0. The minimum atomic E-state index is -1.80. The molecule has 0 saturated heterocycles. The molecule has 1 aromatic rings. The first-order valence-corrected chi connectivity index (χ1v) is 4.81. The van der Waals surface area contributed by atoms with Crippen molar-refractivity contribution < 1.29 is 17.9 Å². The maximum absolute atomic E-state index is 13.7. The average molecular weight is 229 g/mol. The van der Waals surface area contributed by atoms with Crippen LogP contribution in [0.15, 0.2) is 29.3 Å². The van der Waals surface area contributed by atoms with Crippen molar-refractivity contribution in [2.24, 2.45) is 4.99 Å². The predicted octanol–water partition coefficient (Wildman–Crippen LogP) is 2.39. The van der Waals surface area contributed by atoms with Gasteiger partial charge in [0.2, 0.25) is 0 Å². The van der Waals surface area contributed by atoms with E-state index < -0.39 is 24.2 Å². The van der Waals surface area contributed by atoms with Crippen LogP contribution in [-0.2, 0) is 10.3 Å². The summed E-state index contributed by atoms with van der Waals surface area (Å²) in [5.41, 5.74) is -1.88. The fourth-order valence-electron chi connectivity index (χ4n) is 1.72. The smallest absolute Gasteiger partial charge is 0.170 e. The highest BCUT2D eigenvalue weighted by atomic mass is 19.1. The molecule has 0 saturated carbocycles. The topological polar surface area (TPSA) is 21.6 Å². The zero-order valence-electron chi connectivity index (χ0n) is 8.37. The van der Waals surface area contributed by atoms with Crippen LogP contribution in [0, 0.1) is 5.82 Å². The number of nitrogens with zero attached hydrogens (tertiary/aromatic N) is 1. The molecule has 2 rings (SSSR count). The van der Waals surface area contributed by atoms with E-state index in [-0.39, 0.29) is 12.2 Å². The summed E-state index contributed by atoms with van der Waals surface area (Å²) in [6.07, 6.45) is -0.721. The Hall–Kier alpha value is -1.52. The highest BCUT2D eigenvalue weighted by Gasteiger charge is 2.45. The molecule has 1 heterocycles. The molecule has 0 fully saturated rings. The highest BCUT2D eigenvalue weighted by molar-refractivity contribution is 5.51. The van der Waals surface area contributed by atoms with Crippen LogP contribution in [0.2, 0.25) is 0 Å². The Balaban J connectivity index is 2.53. The second kappa shape index (κ2) is 4.15. The molecule has 86 valence electrons. The largest absolute Gasteiger partial charge is 0.480 e. The Morgan fingerprint density at radius 2 is 2.19 bits per heavy atom. The molecule has 0 radical (unpaired) electrons. The number of aliphatic imine (C=N–C) groups is 1. The van der Waals surface area contributed by atoms with Gasteiger partial charge in [0, 0.05) is 5.56 Å². The lowest BCUT2D eigenvalue weighted by molar-refractivity contribution is 0.0735. The van der Waals surface area contributed by atoms with E-state index in [1.54, 1.807) is 0 Å². The summed E-state index contributed by atoms with van der Waals surface area (Å²) in [7, 11) is 0. The summed E-state index contributed by atoms with van der Waals surface area (Å²) in [5, 5.41) is 0. The fourth-order valence-corrected chi connectivity index (χ4v) is 1.72. The van der Waals surface area contributed by atoms with Crippen molar-refractivity contribution >= 4 is 6.40 Å². The number of rotatable bonds is 2. The van der Waals surface area contributed by atoms with E-state index in [4.69, 9.17) is 0 Å². The van der Waals surface area contributed by atoms with Crippen LogP contribution in [0.4, 0.5) is 13.2 Å². The number of benzene rings is 1. The quantitative estimate of drug-likeness (QED) is 0.763. The van der Waals surface area contributed by atoms with Gasteiger partial charge in [-0.05, 0) is 6.07 Å². The zero-order valence-corrected chi connectivity index (χ0v) is 8.37. The summed E-state index contributed by atoms with van der Waals surface area (Å²) in [6.45, 7) is -1.42. The van der Waals surface area contributed by atoms with E-state index in [2.05, 4.69) is 9.73 Å². The third-order valence-electron chi connectivity index (χ3n) is 2.66. The van der Waals surface area contributed by atoms with Gasteiger partial charge >= 0.3 is 0 Å². The van der Waals surface area contributed by atoms with Crippen LogP contribution in [0.1, 0.15) is 5.56 Å². The third-order valence-corrected chi connectivity index (χ3v) is 2.66. The average Bonchev–Trinajstić information content (AvgIpc) is 2.31. The molecule has 1 aliphatic rings. The molecule has 0 aliphatic carbocycles. The lowest BCUT2D eigenvalue weighted by Crippen LogP contribution is -2.43. The summed E-state index contributed by atoms with van der Waals surface area (Å²) < 4.78 is 45.0. The van der Waals surface area contributed by atoms with Gasteiger partial charge < -0.3 is 4.74 Å². The van der Waals surface area contributed by atoms with E-state index in [0.717, 1.165) is 12.5 Å². The van der Waals surface area contributed by atoms with Gasteiger partial charge in [0.25, 0.3) is 0 Å². The Morgan fingerprint density at radius 1 is 1.44 bits per heavy atom. The number of alkyl halides is 2. The van der Waals surface area contributed by atoms with E-state index in [1.165, 1.54) is 18.2 Å². The summed E-state index contributed by atoms with van der Waals surface area (Å²) >= 11 is 0. The molecular weight excluding hydrogens is 219 g/mol. The molecule has 0 bridgehead atoms. The number of halogens is 3. The predicted molar refractivity (Wildman–Crippen MR) is 53.4 cm³/mol. The maximum Gasteiger partial charge on any atom is 0.170 e. The van der Waals surface area contributed by atoms with Gasteiger partial charge in [0.1, 0.15) is 19.1 Å². The van der Waals surface area contributed by atoms with Crippen molar-refractivity contribution in [2.75, 3.05) is 13.3 Å². The minimum Gasteiger partial charge on any atom is -0.480 e. The number of hydrogen-bond donors (Lipinski definition) is 0. The van der Waals surface area contributed by atoms with Gasteiger partial charge in [-0.2, -0.15) is 0 Å². The first-order chi connectivity index (χ1) is 7.70. The van der Waals surface area contributed by atoms with Crippen molar-refractivity contribution in [1.82, 2.24) is 0 Å². The van der Waals surface area contributed by atoms with Crippen molar-refractivity contribution in [3.8, 4) is 0 Å². The summed E-state index contributed by atoms with van der Waals surface area (Å²) in [6, 6.07) is 5.48. The number of hydrogen-bond acceptors (Lipinski definition) is 2. The first-order valence-electron chi connectivity index (χ1n) is 4.81. The second-order valence-corrected chi connectivity index (χ2v) is 3.57. The van der Waals surface area contributed by atoms with Gasteiger partial charge in [-0.1, -0.05) is 18.2 Å². The van der Waals surface area contributed by atoms with Gasteiger partial charge in [0.05, 0.1) is 0 Å². The fraction of sp³-hybridized carbons (Fsp3) is 0.364. The van der Waals surface area contributed by atoms with Crippen molar-refractivity contribution in [3.63, 3.8) is 0 Å². The molecule has 2 nitrogen and oxygen atoms in total. The van der Waals surface area contributed by atoms with Crippen molar-refractivity contribution in [1.29, 1.82) is 0 Å². The molecule has 0 amide bonds. The Labute approximate surface area is 90.8 Å². The Morgan fingerprint density at radius 3 is 2.81 bits per heavy atom. The van der Waals surface area contributed by atoms with Gasteiger partial charge in [-0.25, -0.2) is 18.2 Å². The van der Waals surface area contributed by atoms with Crippen molar-refractivity contribution in [2.45, 2.75) is 11.7 Å². The molecule has 1 aliphatic heterocycles. The molecule has 5 heteroatoms. The molecule has 0 spiro atoms. The standard InChI is InChI=1S/C11H10F3NO/c12-6-11(10(14)5-16-7-15-11)8-3-1-2-4-9(8)13/h1-4,7,10H,5-6H2/t10-,11+/m0/s1. The third kappa shape index (κ3) is 1.56. The molecule has 0 N–H and O–H groups in total. The minimum absolute atomic E-state index is 0.0791. The molecular formula is C11H10F3NO.